The van der Waals surface area contributed by atoms with Crippen LogP contribution in [0.1, 0.15) is 18.5 Å². The van der Waals surface area contributed by atoms with Gasteiger partial charge in [-0.25, -0.2) is 4.79 Å². The Morgan fingerprint density at radius 1 is 1.10 bits per heavy atom. The third-order valence-electron chi connectivity index (χ3n) is 4.76. The summed E-state index contributed by atoms with van der Waals surface area (Å²) in [6.07, 6.45) is 0. The second-order valence-electron chi connectivity index (χ2n) is 6.60. The van der Waals surface area contributed by atoms with Gasteiger partial charge >= 0.3 is 5.97 Å². The van der Waals surface area contributed by atoms with Crippen LogP contribution in [-0.2, 0) is 14.3 Å². The third-order valence-corrected chi connectivity index (χ3v) is 5.59. The Morgan fingerprint density at radius 2 is 1.77 bits per heavy atom. The number of methoxy groups -OCH3 is 2. The van der Waals surface area contributed by atoms with E-state index >= 15 is 0 Å². The fourth-order valence-corrected chi connectivity index (χ4v) is 3.87. The first-order valence-corrected chi connectivity index (χ1v) is 10.5. The molecule has 1 aliphatic heterocycles. The van der Waals surface area contributed by atoms with Gasteiger partial charge in [0.05, 0.1) is 25.3 Å². The lowest BCUT2D eigenvalue weighted by molar-refractivity contribution is -0.140. The number of benzene rings is 2. The highest BCUT2D eigenvalue weighted by Gasteiger charge is 2.35. The van der Waals surface area contributed by atoms with Crippen LogP contribution in [0.5, 0.6) is 5.75 Å². The standard InChI is InChI=1S/C22H23BrN2O4S/c1-14-19(21(26)29-13-12-27-2)20(15-4-6-16(23)7-5-15)24-22(30)25(14)17-8-10-18(28-3)11-9-17/h4-11,20H,12-13H2,1-3H3,(H,24,30). The molecule has 1 atom stereocenters. The average molecular weight is 491 g/mol. The van der Waals surface area contributed by atoms with Crippen molar-refractivity contribution >= 4 is 44.9 Å². The number of hydrogen-bond acceptors (Lipinski definition) is 5. The first-order chi connectivity index (χ1) is 14.5. The summed E-state index contributed by atoms with van der Waals surface area (Å²) < 4.78 is 16.7. The van der Waals surface area contributed by atoms with Gasteiger partial charge in [0, 0.05) is 23.0 Å². The molecule has 2 aromatic rings. The molecule has 0 fully saturated rings. The van der Waals surface area contributed by atoms with E-state index in [1.807, 2.05) is 60.4 Å². The Balaban J connectivity index is 2.04. The fourth-order valence-electron chi connectivity index (χ4n) is 3.25. The van der Waals surface area contributed by atoms with Crippen LogP contribution in [0, 0.1) is 0 Å². The number of nitrogens with zero attached hydrogens (tertiary/aromatic N) is 1. The second-order valence-corrected chi connectivity index (χ2v) is 7.90. The van der Waals surface area contributed by atoms with Crippen molar-refractivity contribution in [1.29, 1.82) is 0 Å². The lowest BCUT2D eigenvalue weighted by atomic mass is 9.95. The first kappa shape index (κ1) is 22.3. The van der Waals surface area contributed by atoms with Gasteiger partial charge in [0.1, 0.15) is 12.4 Å². The van der Waals surface area contributed by atoms with E-state index in [0.29, 0.717) is 23.0 Å². The van der Waals surface area contributed by atoms with Crippen molar-refractivity contribution in [2.75, 3.05) is 32.3 Å². The monoisotopic (exact) mass is 490 g/mol. The van der Waals surface area contributed by atoms with Crippen LogP contribution >= 0.6 is 28.1 Å². The molecular weight excluding hydrogens is 468 g/mol. The number of esters is 1. The maximum atomic E-state index is 13.0. The minimum atomic E-state index is -0.421. The molecule has 1 heterocycles. The lowest BCUT2D eigenvalue weighted by Crippen LogP contribution is -2.48. The van der Waals surface area contributed by atoms with Gasteiger partial charge in [-0.2, -0.15) is 0 Å². The van der Waals surface area contributed by atoms with Crippen molar-refractivity contribution in [1.82, 2.24) is 5.32 Å². The van der Waals surface area contributed by atoms with Gasteiger partial charge in [-0.15, -0.1) is 0 Å². The molecule has 2 aromatic carbocycles. The number of nitrogens with one attached hydrogen (secondary N) is 1. The van der Waals surface area contributed by atoms with Crippen molar-refractivity contribution in [3.05, 3.63) is 69.8 Å². The summed E-state index contributed by atoms with van der Waals surface area (Å²) in [6.45, 7) is 2.37. The highest BCUT2D eigenvalue weighted by Crippen LogP contribution is 2.35. The molecule has 0 saturated carbocycles. The SMILES string of the molecule is COCCOC(=O)C1=C(C)N(c2ccc(OC)cc2)C(=S)NC1c1ccc(Br)cc1. The second kappa shape index (κ2) is 10.1. The van der Waals surface area contributed by atoms with Gasteiger partial charge in [-0.1, -0.05) is 28.1 Å². The summed E-state index contributed by atoms with van der Waals surface area (Å²) >= 11 is 9.11. The number of carbonyl (C=O) groups is 1. The molecule has 0 aromatic heterocycles. The molecule has 6 nitrogen and oxygen atoms in total. The van der Waals surface area contributed by atoms with Gasteiger partial charge in [0.2, 0.25) is 0 Å². The van der Waals surface area contributed by atoms with E-state index in [1.54, 1.807) is 14.2 Å². The van der Waals surface area contributed by atoms with Crippen LogP contribution in [0.25, 0.3) is 0 Å². The van der Waals surface area contributed by atoms with Crippen molar-refractivity contribution in [3.63, 3.8) is 0 Å². The van der Waals surface area contributed by atoms with Crippen LogP contribution in [0.3, 0.4) is 0 Å². The summed E-state index contributed by atoms with van der Waals surface area (Å²) in [4.78, 5) is 14.9. The van der Waals surface area contributed by atoms with Crippen molar-refractivity contribution in [3.8, 4) is 5.75 Å². The van der Waals surface area contributed by atoms with Crippen molar-refractivity contribution in [2.45, 2.75) is 13.0 Å². The maximum absolute atomic E-state index is 13.0. The van der Waals surface area contributed by atoms with E-state index in [9.17, 15) is 4.79 Å². The van der Waals surface area contributed by atoms with E-state index in [2.05, 4.69) is 21.2 Å². The molecule has 30 heavy (non-hydrogen) atoms. The van der Waals surface area contributed by atoms with Crippen LogP contribution in [-0.4, -0.2) is 38.5 Å². The number of hydrogen-bond donors (Lipinski definition) is 1. The van der Waals surface area contributed by atoms with Crippen LogP contribution < -0.4 is 15.0 Å². The molecule has 0 bridgehead atoms. The van der Waals surface area contributed by atoms with Gasteiger partial charge in [-0.05, 0) is 61.1 Å². The van der Waals surface area contributed by atoms with Crippen molar-refractivity contribution < 1.29 is 19.0 Å². The summed E-state index contributed by atoms with van der Waals surface area (Å²) in [6, 6.07) is 14.8. The molecule has 158 valence electrons. The predicted molar refractivity (Wildman–Crippen MR) is 124 cm³/mol. The highest BCUT2D eigenvalue weighted by atomic mass is 79.9. The number of anilines is 1. The molecular formula is C22H23BrN2O4S. The molecule has 0 amide bonds. The van der Waals surface area contributed by atoms with E-state index in [-0.39, 0.29) is 6.61 Å². The van der Waals surface area contributed by atoms with Gasteiger partial charge in [0.15, 0.2) is 5.11 Å². The zero-order valence-electron chi connectivity index (χ0n) is 17.0. The smallest absolute Gasteiger partial charge is 0.338 e. The highest BCUT2D eigenvalue weighted by molar-refractivity contribution is 9.10. The zero-order valence-corrected chi connectivity index (χ0v) is 19.4. The number of thiocarbonyl (C=S) groups is 1. The number of carbonyl (C=O) groups excluding carboxylic acids is 1. The zero-order chi connectivity index (χ0) is 21.7. The normalized spacial score (nSPS) is 16.3. The Hall–Kier alpha value is -2.42. The molecule has 1 unspecified atom stereocenters. The number of rotatable bonds is 7. The maximum Gasteiger partial charge on any atom is 0.338 e. The van der Waals surface area contributed by atoms with Crippen LogP contribution in [0.4, 0.5) is 5.69 Å². The molecule has 8 heteroatoms. The van der Waals surface area contributed by atoms with Gasteiger partial charge < -0.3 is 19.5 Å². The first-order valence-electron chi connectivity index (χ1n) is 9.33. The van der Waals surface area contributed by atoms with E-state index in [1.165, 1.54) is 0 Å². The van der Waals surface area contributed by atoms with E-state index in [0.717, 1.165) is 21.5 Å². The van der Waals surface area contributed by atoms with E-state index in [4.69, 9.17) is 26.4 Å². The topological polar surface area (TPSA) is 60.0 Å². The average Bonchev–Trinajstić information content (AvgIpc) is 2.74. The molecule has 3 rings (SSSR count). The lowest BCUT2D eigenvalue weighted by Gasteiger charge is -2.37. The van der Waals surface area contributed by atoms with Gasteiger partial charge in [-0.3, -0.25) is 4.90 Å². The molecule has 0 saturated heterocycles. The van der Waals surface area contributed by atoms with E-state index < -0.39 is 12.0 Å². The minimum absolute atomic E-state index is 0.173. The minimum Gasteiger partial charge on any atom is -0.497 e. The Morgan fingerprint density at radius 3 is 2.37 bits per heavy atom. The van der Waals surface area contributed by atoms with Crippen LogP contribution in [0.15, 0.2) is 64.3 Å². The number of ether oxygens (including phenoxy) is 3. The summed E-state index contributed by atoms with van der Waals surface area (Å²) in [5.41, 5.74) is 2.94. The molecule has 1 aliphatic rings. The predicted octanol–water partition coefficient (Wildman–Crippen LogP) is 4.36. The van der Waals surface area contributed by atoms with Crippen molar-refractivity contribution in [2.24, 2.45) is 0 Å². The Kier molecular flexibility index (Phi) is 7.47. The third kappa shape index (κ3) is 4.83. The quantitative estimate of drug-likeness (QED) is 0.351. The summed E-state index contributed by atoms with van der Waals surface area (Å²) in [5.74, 6) is 0.328. The molecule has 0 radical (unpaired) electrons. The molecule has 0 spiro atoms. The fraction of sp³-hybridized carbons (Fsp3) is 0.273. The number of allylic oxidation sites excluding steroid dienone is 1. The largest absolute Gasteiger partial charge is 0.497 e. The summed E-state index contributed by atoms with van der Waals surface area (Å²) in [7, 11) is 3.18. The Bertz CT molecular complexity index is 945. The summed E-state index contributed by atoms with van der Waals surface area (Å²) in [5, 5.41) is 3.80. The van der Waals surface area contributed by atoms with Gasteiger partial charge in [0.25, 0.3) is 0 Å². The molecule has 0 aliphatic carbocycles. The molecule has 1 N–H and O–H groups in total. The Labute approximate surface area is 189 Å². The number of halogens is 1. The van der Waals surface area contributed by atoms with Crippen LogP contribution in [0.2, 0.25) is 0 Å².